The largest absolute Gasteiger partial charge is 0.415 e. The smallest absolute Gasteiger partial charge is 0.409 e. The van der Waals surface area contributed by atoms with Crippen molar-refractivity contribution in [3.05, 3.63) is 29.8 Å². The van der Waals surface area contributed by atoms with Gasteiger partial charge in [0.15, 0.2) is 34.0 Å². The summed E-state index contributed by atoms with van der Waals surface area (Å²) in [7, 11) is -4.56. The Labute approximate surface area is 184 Å². The number of aromatic nitrogens is 1. The van der Waals surface area contributed by atoms with Gasteiger partial charge in [0.25, 0.3) is 5.91 Å². The van der Waals surface area contributed by atoms with Crippen LogP contribution in [0.25, 0.3) is 0 Å². The van der Waals surface area contributed by atoms with Gasteiger partial charge >= 0.3 is 6.09 Å². The predicted octanol–water partition coefficient (Wildman–Crippen LogP) is 0.852. The zero-order valence-electron chi connectivity index (χ0n) is 17.2. The highest BCUT2D eigenvalue weighted by Crippen LogP contribution is 2.31. The average molecular weight is 491 g/mol. The lowest BCUT2D eigenvalue weighted by Crippen LogP contribution is -2.35. The summed E-state index contributed by atoms with van der Waals surface area (Å²) >= 11 is 0.517. The van der Waals surface area contributed by atoms with Gasteiger partial charge in [-0.05, 0) is 19.2 Å². The van der Waals surface area contributed by atoms with Crippen molar-refractivity contribution in [1.82, 2.24) is 15.2 Å². The van der Waals surface area contributed by atoms with Crippen molar-refractivity contribution >= 4 is 48.1 Å². The highest BCUT2D eigenvalue weighted by molar-refractivity contribution is 7.95. The lowest BCUT2D eigenvalue weighted by Gasteiger charge is -2.17. The van der Waals surface area contributed by atoms with Crippen LogP contribution in [-0.2, 0) is 19.7 Å². The van der Waals surface area contributed by atoms with E-state index in [1.165, 1.54) is 24.1 Å². The van der Waals surface area contributed by atoms with E-state index < -0.39 is 40.9 Å². The lowest BCUT2D eigenvalue weighted by atomic mass is 10.2. The lowest BCUT2D eigenvalue weighted by molar-refractivity contribution is 0.102. The molecule has 2 aromatic rings. The van der Waals surface area contributed by atoms with E-state index >= 15 is 0 Å². The Hall–Kier alpha value is -2.55. The molecule has 0 spiro atoms. The maximum atomic E-state index is 12.7. The Morgan fingerprint density at radius 3 is 2.32 bits per heavy atom. The molecule has 0 radical (unpaired) electrons. The molecule has 0 aliphatic heterocycles. The monoisotopic (exact) mass is 490 g/mol. The van der Waals surface area contributed by atoms with Gasteiger partial charge in [-0.2, -0.15) is 0 Å². The van der Waals surface area contributed by atoms with E-state index in [-0.39, 0.29) is 16.4 Å². The minimum absolute atomic E-state index is 0.0186. The van der Waals surface area contributed by atoms with E-state index in [4.69, 9.17) is 4.74 Å². The Balaban J connectivity index is 2.30. The zero-order chi connectivity index (χ0) is 23.4. The van der Waals surface area contributed by atoms with Crippen LogP contribution in [0.5, 0.6) is 5.75 Å². The van der Waals surface area contributed by atoms with Crippen LogP contribution < -0.4 is 15.4 Å². The molecule has 1 aromatic heterocycles. The number of carbonyl (C=O) groups is 2. The van der Waals surface area contributed by atoms with Crippen molar-refractivity contribution < 1.29 is 31.2 Å². The molecule has 0 saturated heterocycles. The number of anilines is 1. The number of nitrogens with zero attached hydrogens (tertiary/aromatic N) is 2. The summed E-state index contributed by atoms with van der Waals surface area (Å²) in [5.74, 6) is -0.778. The highest BCUT2D eigenvalue weighted by atomic mass is 32.2. The Morgan fingerprint density at radius 2 is 1.77 bits per heavy atom. The summed E-state index contributed by atoms with van der Waals surface area (Å²) in [6.07, 6.45) is 0.991. The van der Waals surface area contributed by atoms with Gasteiger partial charge in [-0.25, -0.2) is 26.6 Å². The van der Waals surface area contributed by atoms with Gasteiger partial charge in [-0.3, -0.25) is 10.1 Å². The van der Waals surface area contributed by atoms with Crippen LogP contribution in [0, 0.1) is 0 Å². The van der Waals surface area contributed by atoms with Crippen molar-refractivity contribution in [3.8, 4) is 5.75 Å². The summed E-state index contributed by atoms with van der Waals surface area (Å²) in [4.78, 5) is 30.0. The molecule has 0 fully saturated rings. The summed E-state index contributed by atoms with van der Waals surface area (Å²) in [5.41, 5.74) is -0.0186. The number of ether oxygens (including phenoxy) is 1. The molecule has 1 heterocycles. The summed E-state index contributed by atoms with van der Waals surface area (Å²) in [6.45, 7) is 0.925. The second-order valence-electron chi connectivity index (χ2n) is 6.50. The van der Waals surface area contributed by atoms with Crippen molar-refractivity contribution in [1.29, 1.82) is 0 Å². The number of hydrogen-bond donors (Lipinski definition) is 2. The van der Waals surface area contributed by atoms with Crippen LogP contribution in [0.15, 0.2) is 33.5 Å². The van der Waals surface area contributed by atoms with E-state index in [0.717, 1.165) is 12.5 Å². The standard InChI is InChI=1S/C17H22N4O7S3/c1-18-9-10-21(2)17(23)28-12-8-6-5-7-11(12)13(22)19-16-20-14(30(3,24)25)15(29-16)31(4,26)27/h5-8,18H,9-10H2,1-4H3,(H,19,20,22). The molecule has 2 N–H and O–H groups in total. The number of hydrogen-bond acceptors (Lipinski definition) is 10. The van der Waals surface area contributed by atoms with Gasteiger partial charge in [0.05, 0.1) is 5.56 Å². The number of likely N-dealkylation sites (N-methyl/N-ethyl adjacent to an activating group) is 2. The molecule has 0 aliphatic rings. The molecule has 0 unspecified atom stereocenters. The third kappa shape index (κ3) is 6.46. The van der Waals surface area contributed by atoms with Crippen LogP contribution in [0.1, 0.15) is 10.4 Å². The molecular formula is C17H22N4O7S3. The first-order valence-corrected chi connectivity index (χ1v) is 13.3. The minimum Gasteiger partial charge on any atom is -0.409 e. The number of amides is 2. The van der Waals surface area contributed by atoms with Crippen molar-refractivity contribution in [2.75, 3.05) is 45.0 Å². The summed E-state index contributed by atoms with van der Waals surface area (Å²) in [6, 6.07) is 5.93. The molecule has 0 saturated carbocycles. The second kappa shape index (κ2) is 9.72. The normalized spacial score (nSPS) is 11.7. The predicted molar refractivity (Wildman–Crippen MR) is 115 cm³/mol. The fourth-order valence-electron chi connectivity index (χ4n) is 2.26. The topological polar surface area (TPSA) is 152 Å². The molecule has 0 atom stereocenters. The number of nitrogens with one attached hydrogen (secondary N) is 2. The maximum absolute atomic E-state index is 12.7. The fourth-order valence-corrected chi connectivity index (χ4v) is 6.16. The van der Waals surface area contributed by atoms with E-state index in [0.29, 0.717) is 24.4 Å². The van der Waals surface area contributed by atoms with Crippen molar-refractivity contribution in [2.45, 2.75) is 9.24 Å². The van der Waals surface area contributed by atoms with Crippen LogP contribution in [0.3, 0.4) is 0 Å². The first-order valence-electron chi connectivity index (χ1n) is 8.73. The van der Waals surface area contributed by atoms with Crippen LogP contribution >= 0.6 is 11.3 Å². The summed E-state index contributed by atoms with van der Waals surface area (Å²) in [5, 5.41) is 4.40. The van der Waals surface area contributed by atoms with Gasteiger partial charge in [-0.1, -0.05) is 23.5 Å². The zero-order valence-corrected chi connectivity index (χ0v) is 19.7. The third-order valence-corrected chi connectivity index (χ3v) is 7.86. The Kier molecular flexibility index (Phi) is 7.75. The fraction of sp³-hybridized carbons (Fsp3) is 0.353. The van der Waals surface area contributed by atoms with Gasteiger partial charge in [0.2, 0.25) is 0 Å². The van der Waals surface area contributed by atoms with E-state index in [9.17, 15) is 26.4 Å². The molecule has 14 heteroatoms. The number of rotatable bonds is 8. The van der Waals surface area contributed by atoms with Gasteiger partial charge < -0.3 is 15.0 Å². The average Bonchev–Trinajstić information content (AvgIpc) is 3.11. The number of benzene rings is 1. The number of thiazole rings is 1. The minimum atomic E-state index is -3.95. The van der Waals surface area contributed by atoms with Gasteiger partial charge in [0, 0.05) is 32.6 Å². The summed E-state index contributed by atoms with van der Waals surface area (Å²) < 4.78 is 52.4. The first-order chi connectivity index (χ1) is 14.3. The molecule has 2 rings (SSSR count). The molecule has 0 bridgehead atoms. The van der Waals surface area contributed by atoms with Crippen molar-refractivity contribution in [3.63, 3.8) is 0 Å². The molecule has 0 aliphatic carbocycles. The van der Waals surface area contributed by atoms with E-state index in [2.05, 4.69) is 15.6 Å². The van der Waals surface area contributed by atoms with Crippen molar-refractivity contribution in [2.24, 2.45) is 0 Å². The van der Waals surface area contributed by atoms with Crippen LogP contribution in [0.2, 0.25) is 0 Å². The van der Waals surface area contributed by atoms with E-state index in [1.54, 1.807) is 19.2 Å². The van der Waals surface area contributed by atoms with Gasteiger partial charge in [0.1, 0.15) is 5.75 Å². The molecule has 31 heavy (non-hydrogen) atoms. The third-order valence-electron chi connectivity index (χ3n) is 3.81. The maximum Gasteiger partial charge on any atom is 0.415 e. The van der Waals surface area contributed by atoms with E-state index in [1.807, 2.05) is 0 Å². The molecular weight excluding hydrogens is 468 g/mol. The molecule has 170 valence electrons. The van der Waals surface area contributed by atoms with Crippen LogP contribution in [-0.4, -0.2) is 78.4 Å². The molecule has 1 aromatic carbocycles. The highest BCUT2D eigenvalue weighted by Gasteiger charge is 2.28. The Morgan fingerprint density at radius 1 is 1.13 bits per heavy atom. The van der Waals surface area contributed by atoms with Crippen LogP contribution in [0.4, 0.5) is 9.93 Å². The number of carbonyl (C=O) groups excluding carboxylic acids is 2. The molecule has 11 nitrogen and oxygen atoms in total. The quantitative estimate of drug-likeness (QED) is 0.548. The number of sulfone groups is 2. The number of para-hydroxylation sites is 1. The van der Waals surface area contributed by atoms with Gasteiger partial charge in [-0.15, -0.1) is 0 Å². The SMILES string of the molecule is CNCCN(C)C(=O)Oc1ccccc1C(=O)Nc1nc(S(C)(=O)=O)c(S(C)(=O)=O)s1. The second-order valence-corrected chi connectivity index (χ2v) is 11.6. The molecule has 2 amide bonds. The first kappa shape index (κ1) is 24.7. The Bertz CT molecular complexity index is 1140.